The summed E-state index contributed by atoms with van der Waals surface area (Å²) in [6, 6.07) is 0. The molecule has 1 aromatic heterocycles. The fourth-order valence-corrected chi connectivity index (χ4v) is 1.88. The lowest BCUT2D eigenvalue weighted by Crippen LogP contribution is -1.93. The third-order valence-corrected chi connectivity index (χ3v) is 3.31. The van der Waals surface area contributed by atoms with Gasteiger partial charge in [-0.05, 0) is 19.8 Å². The van der Waals surface area contributed by atoms with Gasteiger partial charge in [-0.1, -0.05) is 11.3 Å². The van der Waals surface area contributed by atoms with Gasteiger partial charge in [-0.15, -0.1) is 21.8 Å². The van der Waals surface area contributed by atoms with E-state index in [1.165, 1.54) is 0 Å². The van der Waals surface area contributed by atoms with Crippen LogP contribution in [0.2, 0.25) is 0 Å². The lowest BCUT2D eigenvalue weighted by Gasteiger charge is -1.95. The first kappa shape index (κ1) is 6.55. The van der Waals surface area contributed by atoms with Gasteiger partial charge in [0.05, 0.1) is 4.87 Å². The van der Waals surface area contributed by atoms with E-state index >= 15 is 0 Å². The maximum Gasteiger partial charge on any atom is 0.138 e. The van der Waals surface area contributed by atoms with Crippen molar-refractivity contribution >= 4 is 22.9 Å². The summed E-state index contributed by atoms with van der Waals surface area (Å²) >= 11 is 7.69. The van der Waals surface area contributed by atoms with Gasteiger partial charge < -0.3 is 0 Å². The molecule has 0 bridgehead atoms. The normalized spacial score (nSPS) is 21.0. The summed E-state index contributed by atoms with van der Waals surface area (Å²) in [7, 11) is 0. The van der Waals surface area contributed by atoms with E-state index in [0.717, 1.165) is 22.9 Å². The number of aromatic nitrogens is 2. The second-order valence-corrected chi connectivity index (χ2v) is 4.50. The average molecular weight is 175 g/mol. The fourth-order valence-electron chi connectivity index (χ4n) is 0.801. The molecule has 0 aliphatic heterocycles. The highest BCUT2D eigenvalue weighted by Crippen LogP contribution is 2.52. The molecule has 0 N–H and O–H groups in total. The molecular formula is C6H7ClN2S. The van der Waals surface area contributed by atoms with Gasteiger partial charge in [-0.2, -0.15) is 0 Å². The third kappa shape index (κ3) is 0.935. The van der Waals surface area contributed by atoms with Crippen LogP contribution in [0.5, 0.6) is 0 Å². The predicted octanol–water partition coefficient (Wildman–Crippen LogP) is 2.07. The van der Waals surface area contributed by atoms with Gasteiger partial charge in [0.25, 0.3) is 0 Å². The molecule has 1 heterocycles. The van der Waals surface area contributed by atoms with Gasteiger partial charge in [-0.25, -0.2) is 0 Å². The lowest BCUT2D eigenvalue weighted by molar-refractivity contribution is 0.910. The van der Waals surface area contributed by atoms with Crippen molar-refractivity contribution < 1.29 is 0 Å². The van der Waals surface area contributed by atoms with Crippen LogP contribution in [0, 0.1) is 6.92 Å². The minimum atomic E-state index is -0.119. The number of rotatable bonds is 1. The van der Waals surface area contributed by atoms with Crippen molar-refractivity contribution in [2.75, 3.05) is 0 Å². The standard InChI is InChI=1S/C6H7ClN2S/c1-4-8-9-5(10-4)6(7)2-3-6/h2-3H2,1H3. The van der Waals surface area contributed by atoms with Gasteiger partial charge >= 0.3 is 0 Å². The predicted molar refractivity (Wildman–Crippen MR) is 41.4 cm³/mol. The summed E-state index contributed by atoms with van der Waals surface area (Å²) in [6.07, 6.45) is 2.12. The topological polar surface area (TPSA) is 25.8 Å². The van der Waals surface area contributed by atoms with E-state index in [4.69, 9.17) is 11.6 Å². The van der Waals surface area contributed by atoms with E-state index in [2.05, 4.69) is 10.2 Å². The summed E-state index contributed by atoms with van der Waals surface area (Å²) in [5.41, 5.74) is 0. The SMILES string of the molecule is Cc1nnc(C2(Cl)CC2)s1. The number of alkyl halides is 1. The molecule has 4 heteroatoms. The first-order valence-corrected chi connectivity index (χ1v) is 4.40. The monoisotopic (exact) mass is 174 g/mol. The zero-order valence-electron chi connectivity index (χ0n) is 5.59. The highest BCUT2D eigenvalue weighted by Gasteiger charge is 2.45. The molecule has 1 fully saturated rings. The Hall–Kier alpha value is -0.150. The Morgan fingerprint density at radius 3 is 2.60 bits per heavy atom. The molecule has 0 atom stereocenters. The summed E-state index contributed by atoms with van der Waals surface area (Å²) in [6.45, 7) is 1.95. The molecular weight excluding hydrogens is 168 g/mol. The highest BCUT2D eigenvalue weighted by atomic mass is 35.5. The summed E-state index contributed by atoms with van der Waals surface area (Å²) in [5.74, 6) is 0. The molecule has 2 rings (SSSR count). The van der Waals surface area contributed by atoms with Crippen molar-refractivity contribution in [3.63, 3.8) is 0 Å². The van der Waals surface area contributed by atoms with Crippen LogP contribution in [-0.2, 0) is 4.87 Å². The van der Waals surface area contributed by atoms with Crippen LogP contribution in [-0.4, -0.2) is 10.2 Å². The molecule has 10 heavy (non-hydrogen) atoms. The van der Waals surface area contributed by atoms with E-state index in [1.807, 2.05) is 6.92 Å². The Balaban J connectivity index is 2.34. The first-order chi connectivity index (χ1) is 4.71. The van der Waals surface area contributed by atoms with E-state index in [-0.39, 0.29) is 4.87 Å². The smallest absolute Gasteiger partial charge is 0.138 e. The number of hydrogen-bond acceptors (Lipinski definition) is 3. The Kier molecular flexibility index (Phi) is 1.26. The molecule has 1 aliphatic carbocycles. The maximum atomic E-state index is 6.09. The molecule has 2 nitrogen and oxygen atoms in total. The van der Waals surface area contributed by atoms with Crippen LogP contribution in [0.4, 0.5) is 0 Å². The van der Waals surface area contributed by atoms with Crippen molar-refractivity contribution in [1.29, 1.82) is 0 Å². The van der Waals surface area contributed by atoms with Crippen molar-refractivity contribution in [3.05, 3.63) is 10.0 Å². The largest absolute Gasteiger partial charge is 0.144 e. The van der Waals surface area contributed by atoms with Crippen LogP contribution in [0.3, 0.4) is 0 Å². The van der Waals surface area contributed by atoms with Crippen LogP contribution in [0.1, 0.15) is 22.9 Å². The van der Waals surface area contributed by atoms with E-state index in [9.17, 15) is 0 Å². The average Bonchev–Trinajstić information content (AvgIpc) is 2.45. The van der Waals surface area contributed by atoms with Crippen LogP contribution in [0.25, 0.3) is 0 Å². The van der Waals surface area contributed by atoms with Crippen molar-refractivity contribution in [1.82, 2.24) is 10.2 Å². The maximum absolute atomic E-state index is 6.09. The lowest BCUT2D eigenvalue weighted by atomic mass is 10.4. The Bertz CT molecular complexity index is 254. The molecule has 0 unspecified atom stereocenters. The highest BCUT2D eigenvalue weighted by molar-refractivity contribution is 7.11. The first-order valence-electron chi connectivity index (χ1n) is 3.20. The van der Waals surface area contributed by atoms with Crippen molar-refractivity contribution in [2.24, 2.45) is 0 Å². The van der Waals surface area contributed by atoms with Gasteiger partial charge in [0, 0.05) is 0 Å². The number of halogens is 1. The Morgan fingerprint density at radius 2 is 2.20 bits per heavy atom. The van der Waals surface area contributed by atoms with Crippen molar-refractivity contribution in [2.45, 2.75) is 24.6 Å². The van der Waals surface area contributed by atoms with Crippen LogP contribution in [0.15, 0.2) is 0 Å². The molecule has 0 amide bonds. The molecule has 54 valence electrons. The number of hydrogen-bond donors (Lipinski definition) is 0. The van der Waals surface area contributed by atoms with Crippen LogP contribution >= 0.6 is 22.9 Å². The number of aryl methyl sites for hydroxylation is 1. The fraction of sp³-hybridized carbons (Fsp3) is 0.667. The van der Waals surface area contributed by atoms with Gasteiger partial charge in [-0.3, -0.25) is 0 Å². The molecule has 1 aliphatic rings. The minimum Gasteiger partial charge on any atom is -0.144 e. The zero-order chi connectivity index (χ0) is 7.19. The minimum absolute atomic E-state index is 0.119. The third-order valence-electron chi connectivity index (χ3n) is 1.60. The van der Waals surface area contributed by atoms with E-state index in [0.29, 0.717) is 0 Å². The van der Waals surface area contributed by atoms with Crippen LogP contribution < -0.4 is 0 Å². The molecule has 1 saturated carbocycles. The number of nitrogens with zero attached hydrogens (tertiary/aromatic N) is 2. The molecule has 0 spiro atoms. The zero-order valence-corrected chi connectivity index (χ0v) is 7.17. The van der Waals surface area contributed by atoms with E-state index in [1.54, 1.807) is 11.3 Å². The second kappa shape index (κ2) is 1.92. The van der Waals surface area contributed by atoms with E-state index < -0.39 is 0 Å². The molecule has 0 radical (unpaired) electrons. The summed E-state index contributed by atoms with van der Waals surface area (Å²) in [5, 5.41) is 9.89. The quantitative estimate of drug-likeness (QED) is 0.610. The van der Waals surface area contributed by atoms with Gasteiger partial charge in [0.1, 0.15) is 10.0 Å². The molecule has 0 aromatic carbocycles. The van der Waals surface area contributed by atoms with Gasteiger partial charge in [0.2, 0.25) is 0 Å². The second-order valence-electron chi connectivity index (χ2n) is 2.59. The summed E-state index contributed by atoms with van der Waals surface area (Å²) in [4.78, 5) is -0.119. The molecule has 1 aromatic rings. The van der Waals surface area contributed by atoms with Crippen molar-refractivity contribution in [3.8, 4) is 0 Å². The molecule has 0 saturated heterocycles. The van der Waals surface area contributed by atoms with Gasteiger partial charge in [0.15, 0.2) is 0 Å². The summed E-state index contributed by atoms with van der Waals surface area (Å²) < 4.78 is 0. The Morgan fingerprint density at radius 1 is 1.50 bits per heavy atom. The Labute approximate surface area is 68.2 Å².